The maximum absolute atomic E-state index is 12.9. The van der Waals surface area contributed by atoms with Crippen molar-refractivity contribution in [3.63, 3.8) is 0 Å². The topological polar surface area (TPSA) is 131 Å². The van der Waals surface area contributed by atoms with E-state index in [1.54, 1.807) is 0 Å². The Hall–Kier alpha value is -3.68. The van der Waals surface area contributed by atoms with Gasteiger partial charge in [0.05, 0.1) is 35.8 Å². The van der Waals surface area contributed by atoms with Gasteiger partial charge in [-0.05, 0) is 30.3 Å². The molecule has 0 aliphatic heterocycles. The van der Waals surface area contributed by atoms with Crippen LogP contribution < -0.4 is 14.5 Å². The molecule has 0 heterocycles. The third-order valence-electron chi connectivity index (χ3n) is 3.95. The van der Waals surface area contributed by atoms with Crippen molar-refractivity contribution >= 4 is 33.5 Å². The van der Waals surface area contributed by atoms with Crippen LogP contribution >= 0.6 is 0 Å². The van der Waals surface area contributed by atoms with E-state index in [4.69, 9.17) is 4.74 Å². The van der Waals surface area contributed by atoms with Gasteiger partial charge in [0.2, 0.25) is 10.0 Å². The average Bonchev–Trinajstić information content (AvgIpc) is 2.70. The summed E-state index contributed by atoms with van der Waals surface area (Å²) in [6.07, 6.45) is -2.90. The molecule has 10 nitrogen and oxygen atoms in total. The molecular weight excluding hydrogens is 457 g/mol. The lowest BCUT2D eigenvalue weighted by Crippen LogP contribution is -2.39. The van der Waals surface area contributed by atoms with Crippen molar-refractivity contribution in [2.45, 2.75) is 6.18 Å². The summed E-state index contributed by atoms with van der Waals surface area (Å²) in [6.45, 7) is -0.847. The number of nitro benzene ring substituents is 1. The predicted molar refractivity (Wildman–Crippen MR) is 109 cm³/mol. The minimum Gasteiger partial charge on any atom is -0.490 e. The number of ether oxygens (including phenoxy) is 1. The second kappa shape index (κ2) is 9.64. The third kappa shape index (κ3) is 6.41. The fourth-order valence-electron chi connectivity index (χ4n) is 2.51. The van der Waals surface area contributed by atoms with Gasteiger partial charge in [-0.3, -0.25) is 19.2 Å². The molecule has 0 atom stereocenters. The molecule has 2 aromatic rings. The minimum absolute atomic E-state index is 0.0149. The summed E-state index contributed by atoms with van der Waals surface area (Å²) in [6, 6.07) is 7.38. The van der Waals surface area contributed by atoms with E-state index < -0.39 is 39.1 Å². The van der Waals surface area contributed by atoms with Gasteiger partial charge in [-0.25, -0.2) is 13.8 Å². The van der Waals surface area contributed by atoms with Crippen LogP contribution in [0, 0.1) is 10.1 Å². The molecule has 0 fully saturated rings. The molecule has 32 heavy (non-hydrogen) atoms. The van der Waals surface area contributed by atoms with Crippen LogP contribution in [0.1, 0.15) is 11.1 Å². The summed E-state index contributed by atoms with van der Waals surface area (Å²) in [5, 5.41) is 14.6. The highest BCUT2D eigenvalue weighted by atomic mass is 32.2. The molecule has 0 radical (unpaired) electrons. The monoisotopic (exact) mass is 474 g/mol. The standard InChI is InChI=1S/C18H17F3N4O6S/c1-31-16-7-6-12(8-15(16)25(27)28)10-22-23-17(26)11-24(32(2,29)30)14-5-3-4-13(9-14)18(19,20)21/h3-10H,11H2,1-2H3,(H,23,26)/b22-10-. The lowest BCUT2D eigenvalue weighted by molar-refractivity contribution is -0.385. The minimum atomic E-state index is -4.70. The summed E-state index contributed by atoms with van der Waals surface area (Å²) < 4.78 is 68.2. The van der Waals surface area contributed by atoms with E-state index in [1.807, 2.05) is 5.43 Å². The first-order valence-electron chi connectivity index (χ1n) is 8.62. The Balaban J connectivity index is 2.17. The molecule has 0 saturated heterocycles. The highest BCUT2D eigenvalue weighted by molar-refractivity contribution is 7.92. The van der Waals surface area contributed by atoms with Gasteiger partial charge in [0.1, 0.15) is 6.54 Å². The van der Waals surface area contributed by atoms with Crippen LogP contribution in [0.5, 0.6) is 5.75 Å². The average molecular weight is 474 g/mol. The number of methoxy groups -OCH3 is 1. The van der Waals surface area contributed by atoms with E-state index in [1.165, 1.54) is 19.2 Å². The van der Waals surface area contributed by atoms with E-state index in [9.17, 15) is 36.5 Å². The Kier molecular flexibility index (Phi) is 7.40. The molecule has 0 aromatic heterocycles. The van der Waals surface area contributed by atoms with Crippen LogP contribution in [0.15, 0.2) is 47.6 Å². The van der Waals surface area contributed by atoms with E-state index in [2.05, 4.69) is 5.10 Å². The van der Waals surface area contributed by atoms with Crippen molar-refractivity contribution in [2.24, 2.45) is 5.10 Å². The van der Waals surface area contributed by atoms with Crippen LogP contribution in [0.3, 0.4) is 0 Å². The zero-order valence-corrected chi connectivity index (χ0v) is 17.5. The number of halogens is 3. The number of hydrazone groups is 1. The fourth-order valence-corrected chi connectivity index (χ4v) is 3.36. The lowest BCUT2D eigenvalue weighted by Gasteiger charge is -2.22. The molecule has 0 aliphatic rings. The van der Waals surface area contributed by atoms with E-state index in [0.29, 0.717) is 10.4 Å². The first-order chi connectivity index (χ1) is 14.8. The van der Waals surface area contributed by atoms with Crippen molar-refractivity contribution in [1.29, 1.82) is 0 Å². The Morgan fingerprint density at radius 2 is 1.97 bits per heavy atom. The molecule has 0 bridgehead atoms. The number of nitrogens with zero attached hydrogens (tertiary/aromatic N) is 3. The van der Waals surface area contributed by atoms with E-state index in [-0.39, 0.29) is 22.7 Å². The zero-order valence-electron chi connectivity index (χ0n) is 16.7. The molecule has 0 unspecified atom stereocenters. The van der Waals surface area contributed by atoms with Gasteiger partial charge in [0.25, 0.3) is 5.91 Å². The van der Waals surface area contributed by atoms with Crippen LogP contribution in [-0.2, 0) is 21.0 Å². The van der Waals surface area contributed by atoms with Crippen LogP contribution in [0.25, 0.3) is 0 Å². The number of carbonyl (C=O) groups excluding carboxylic acids is 1. The Bertz CT molecular complexity index is 1150. The van der Waals surface area contributed by atoms with Crippen molar-refractivity contribution < 1.29 is 36.0 Å². The number of carbonyl (C=O) groups is 1. The summed E-state index contributed by atoms with van der Waals surface area (Å²) >= 11 is 0. The second-order valence-corrected chi connectivity index (χ2v) is 8.21. The van der Waals surface area contributed by atoms with Gasteiger partial charge >= 0.3 is 11.9 Å². The Morgan fingerprint density at radius 3 is 2.53 bits per heavy atom. The first-order valence-corrected chi connectivity index (χ1v) is 10.5. The zero-order chi connectivity index (χ0) is 24.1. The molecular formula is C18H17F3N4O6S. The Morgan fingerprint density at radius 1 is 1.28 bits per heavy atom. The molecule has 2 aromatic carbocycles. The number of alkyl halides is 3. The number of hydrogen-bond acceptors (Lipinski definition) is 7. The number of hydrogen-bond donors (Lipinski definition) is 1. The highest BCUT2D eigenvalue weighted by Gasteiger charge is 2.32. The van der Waals surface area contributed by atoms with Gasteiger partial charge < -0.3 is 4.74 Å². The van der Waals surface area contributed by atoms with Gasteiger partial charge in [-0.1, -0.05) is 6.07 Å². The quantitative estimate of drug-likeness (QED) is 0.355. The maximum atomic E-state index is 12.9. The normalized spacial score (nSPS) is 11.9. The molecule has 0 saturated carbocycles. The Labute approximate surface area is 180 Å². The summed E-state index contributed by atoms with van der Waals surface area (Å²) in [4.78, 5) is 22.5. The number of sulfonamides is 1. The molecule has 0 spiro atoms. The molecule has 172 valence electrons. The first kappa shape index (κ1) is 24.6. The number of anilines is 1. The third-order valence-corrected chi connectivity index (χ3v) is 5.09. The van der Waals surface area contributed by atoms with E-state index >= 15 is 0 Å². The number of rotatable bonds is 8. The number of nitrogens with one attached hydrogen (secondary N) is 1. The SMILES string of the molecule is COc1ccc(/C=N\NC(=O)CN(c2cccc(C(F)(F)F)c2)S(C)(=O)=O)cc1[N+](=O)[O-]. The predicted octanol–water partition coefficient (Wildman–Crippen LogP) is 2.54. The lowest BCUT2D eigenvalue weighted by atomic mass is 10.2. The van der Waals surface area contributed by atoms with Gasteiger partial charge in [0.15, 0.2) is 5.75 Å². The summed E-state index contributed by atoms with van der Waals surface area (Å²) in [5.41, 5.74) is 0.487. The number of benzene rings is 2. The van der Waals surface area contributed by atoms with Crippen molar-refractivity contribution in [3.8, 4) is 5.75 Å². The molecule has 2 rings (SSSR count). The number of nitro groups is 1. The molecule has 0 aliphatic carbocycles. The van der Waals surface area contributed by atoms with Crippen molar-refractivity contribution in [3.05, 3.63) is 63.7 Å². The molecule has 1 N–H and O–H groups in total. The summed E-state index contributed by atoms with van der Waals surface area (Å²) in [5.74, 6) is -0.937. The van der Waals surface area contributed by atoms with Crippen molar-refractivity contribution in [2.75, 3.05) is 24.2 Å². The summed E-state index contributed by atoms with van der Waals surface area (Å²) in [7, 11) is -2.85. The smallest absolute Gasteiger partial charge is 0.416 e. The van der Waals surface area contributed by atoms with E-state index in [0.717, 1.165) is 36.7 Å². The van der Waals surface area contributed by atoms with Gasteiger partial charge in [0, 0.05) is 11.6 Å². The van der Waals surface area contributed by atoms with Crippen LogP contribution in [-0.4, -0.2) is 45.4 Å². The van der Waals surface area contributed by atoms with Gasteiger partial charge in [-0.15, -0.1) is 0 Å². The van der Waals surface area contributed by atoms with Crippen molar-refractivity contribution in [1.82, 2.24) is 5.43 Å². The molecule has 14 heteroatoms. The highest BCUT2D eigenvalue weighted by Crippen LogP contribution is 2.32. The maximum Gasteiger partial charge on any atom is 0.416 e. The second-order valence-electron chi connectivity index (χ2n) is 6.30. The van der Waals surface area contributed by atoms with Crippen LogP contribution in [0.4, 0.5) is 24.5 Å². The number of amides is 1. The fraction of sp³-hybridized carbons (Fsp3) is 0.222. The van der Waals surface area contributed by atoms with Gasteiger partial charge in [-0.2, -0.15) is 18.3 Å². The largest absolute Gasteiger partial charge is 0.490 e. The molecule has 1 amide bonds. The van der Waals surface area contributed by atoms with Crippen LogP contribution in [0.2, 0.25) is 0 Å².